The predicted molar refractivity (Wildman–Crippen MR) is 148 cm³/mol. The number of nitrogens with zero attached hydrogens (tertiary/aromatic N) is 7. The van der Waals surface area contributed by atoms with Gasteiger partial charge < -0.3 is 5.73 Å². The molecule has 0 saturated heterocycles. The van der Waals surface area contributed by atoms with Crippen LogP contribution in [0.5, 0.6) is 0 Å². The number of nitrogens with two attached hydrogens (primary N) is 1. The van der Waals surface area contributed by atoms with Crippen LogP contribution < -0.4 is 5.73 Å². The minimum Gasteiger partial charge on any atom is -0.364 e. The number of nitriles is 1. The molecule has 6 aromatic rings. The van der Waals surface area contributed by atoms with Gasteiger partial charge in [-0.3, -0.25) is 18.9 Å². The SMILES string of the molecule is CC(c1ccnc(C#N)c1)n1cc(-c2cnc3ccn4c(C(N)=O)c(-c5c(Cl)cccc5Cl)nc4c3c2)cn1. The third-order valence-electron chi connectivity index (χ3n) is 6.60. The van der Waals surface area contributed by atoms with Gasteiger partial charge in [0.1, 0.15) is 28.8 Å². The lowest BCUT2D eigenvalue weighted by molar-refractivity contribution is 0.0995. The fourth-order valence-electron chi connectivity index (χ4n) is 4.61. The standard InChI is InChI=1S/C28H18Cl2N8O/c1-15(16-5-7-33-19(9-16)11-31)38-14-18(13-35-38)17-10-20-23(34-12-17)6-8-37-26(27(32)39)25(36-28(20)37)24-21(29)3-2-4-22(24)30/h2-10,12-15H,1H3,(H2,32,39). The maximum absolute atomic E-state index is 12.6. The number of hydrogen-bond acceptors (Lipinski definition) is 6. The number of amides is 1. The van der Waals surface area contributed by atoms with Gasteiger partial charge in [-0.15, -0.1) is 0 Å². The minimum absolute atomic E-state index is 0.123. The van der Waals surface area contributed by atoms with Crippen molar-refractivity contribution in [1.82, 2.24) is 29.1 Å². The van der Waals surface area contributed by atoms with Crippen molar-refractivity contribution in [3.05, 3.63) is 100 Å². The third kappa shape index (κ3) is 4.16. The Morgan fingerprint density at radius 3 is 2.62 bits per heavy atom. The minimum atomic E-state index is -0.664. The van der Waals surface area contributed by atoms with Crippen molar-refractivity contribution in [2.75, 3.05) is 0 Å². The van der Waals surface area contributed by atoms with Gasteiger partial charge in [0.05, 0.1) is 27.8 Å². The maximum Gasteiger partial charge on any atom is 0.268 e. The third-order valence-corrected chi connectivity index (χ3v) is 7.23. The zero-order valence-corrected chi connectivity index (χ0v) is 21.9. The highest BCUT2D eigenvalue weighted by atomic mass is 35.5. The van der Waals surface area contributed by atoms with Gasteiger partial charge in [0, 0.05) is 46.9 Å². The zero-order valence-electron chi connectivity index (χ0n) is 20.4. The van der Waals surface area contributed by atoms with Crippen molar-refractivity contribution in [2.24, 2.45) is 5.73 Å². The molecule has 9 nitrogen and oxygen atoms in total. The number of carbonyl (C=O) groups is 1. The molecule has 11 heteroatoms. The second kappa shape index (κ2) is 9.51. The van der Waals surface area contributed by atoms with Crippen molar-refractivity contribution in [3.8, 4) is 28.5 Å². The van der Waals surface area contributed by atoms with E-state index < -0.39 is 5.91 Å². The van der Waals surface area contributed by atoms with E-state index in [0.29, 0.717) is 43.5 Å². The summed E-state index contributed by atoms with van der Waals surface area (Å²) in [6, 6.07) is 14.4. The highest BCUT2D eigenvalue weighted by molar-refractivity contribution is 6.39. The summed E-state index contributed by atoms with van der Waals surface area (Å²) in [4.78, 5) is 26.0. The molecule has 1 atom stereocenters. The second-order valence-corrected chi connectivity index (χ2v) is 9.72. The van der Waals surface area contributed by atoms with Crippen LogP contribution in [0.15, 0.2) is 73.4 Å². The van der Waals surface area contributed by atoms with Gasteiger partial charge in [-0.2, -0.15) is 10.4 Å². The Kier molecular flexibility index (Phi) is 5.99. The molecular weight excluding hydrogens is 535 g/mol. The molecule has 0 aliphatic rings. The summed E-state index contributed by atoms with van der Waals surface area (Å²) in [5.74, 6) is -0.664. The van der Waals surface area contributed by atoms with Gasteiger partial charge in [0.25, 0.3) is 5.91 Å². The fourth-order valence-corrected chi connectivity index (χ4v) is 5.19. The van der Waals surface area contributed by atoms with Crippen molar-refractivity contribution >= 4 is 45.7 Å². The summed E-state index contributed by atoms with van der Waals surface area (Å²) in [6.45, 7) is 1.99. The summed E-state index contributed by atoms with van der Waals surface area (Å²) >= 11 is 12.9. The summed E-state index contributed by atoms with van der Waals surface area (Å²) in [6.07, 6.45) is 8.74. The number of benzene rings is 1. The Morgan fingerprint density at radius 2 is 1.87 bits per heavy atom. The Hall–Kier alpha value is -4.78. The number of pyridine rings is 3. The molecule has 1 amide bonds. The number of carbonyl (C=O) groups excluding carboxylic acids is 1. The largest absolute Gasteiger partial charge is 0.364 e. The average Bonchev–Trinajstić information content (AvgIpc) is 3.58. The summed E-state index contributed by atoms with van der Waals surface area (Å²) in [7, 11) is 0. The molecule has 0 spiro atoms. The van der Waals surface area contributed by atoms with E-state index >= 15 is 0 Å². The highest BCUT2D eigenvalue weighted by Gasteiger charge is 2.24. The zero-order chi connectivity index (χ0) is 27.3. The van der Waals surface area contributed by atoms with Crippen molar-refractivity contribution in [2.45, 2.75) is 13.0 Å². The summed E-state index contributed by atoms with van der Waals surface area (Å²) < 4.78 is 3.45. The molecule has 190 valence electrons. The molecule has 5 aromatic heterocycles. The van der Waals surface area contributed by atoms with Crippen molar-refractivity contribution < 1.29 is 4.79 Å². The quantitative estimate of drug-likeness (QED) is 0.292. The molecule has 1 aromatic carbocycles. The number of fused-ring (bicyclic) bond motifs is 3. The number of primary amides is 1. The summed E-state index contributed by atoms with van der Waals surface area (Å²) in [5, 5.41) is 15.1. The Balaban J connectivity index is 1.48. The van der Waals surface area contributed by atoms with Crippen LogP contribution >= 0.6 is 23.2 Å². The van der Waals surface area contributed by atoms with E-state index in [1.807, 2.05) is 29.9 Å². The first kappa shape index (κ1) is 24.6. The Bertz CT molecular complexity index is 1950. The van der Waals surface area contributed by atoms with Gasteiger partial charge >= 0.3 is 0 Å². The normalized spacial score (nSPS) is 12.1. The molecular formula is C28H18Cl2N8O. The first-order chi connectivity index (χ1) is 18.9. The van der Waals surface area contributed by atoms with Gasteiger partial charge in [0.2, 0.25) is 0 Å². The number of rotatable bonds is 5. The molecule has 2 N–H and O–H groups in total. The molecule has 0 aliphatic heterocycles. The average molecular weight is 553 g/mol. The van der Waals surface area contributed by atoms with E-state index in [1.165, 1.54) is 0 Å². The molecule has 0 bridgehead atoms. The van der Waals surface area contributed by atoms with Crippen molar-refractivity contribution in [1.29, 1.82) is 5.26 Å². The predicted octanol–water partition coefficient (Wildman–Crippen LogP) is 5.69. The van der Waals surface area contributed by atoms with E-state index in [0.717, 1.165) is 16.7 Å². The summed E-state index contributed by atoms with van der Waals surface area (Å²) in [5.41, 5.74) is 10.8. The van der Waals surface area contributed by atoms with E-state index in [4.69, 9.17) is 33.9 Å². The van der Waals surface area contributed by atoms with Gasteiger partial charge in [-0.1, -0.05) is 29.3 Å². The van der Waals surface area contributed by atoms with Crippen LogP contribution in [-0.4, -0.2) is 35.0 Å². The fraction of sp³-hybridized carbons (Fsp3) is 0.0714. The first-order valence-electron chi connectivity index (χ1n) is 11.8. The lowest BCUT2D eigenvalue weighted by Crippen LogP contribution is -2.15. The number of aromatic nitrogens is 6. The van der Waals surface area contributed by atoms with E-state index in [1.54, 1.807) is 59.5 Å². The Morgan fingerprint density at radius 1 is 1.08 bits per heavy atom. The molecule has 0 saturated carbocycles. The number of halogens is 2. The van der Waals surface area contributed by atoms with Crippen molar-refractivity contribution in [3.63, 3.8) is 0 Å². The second-order valence-electron chi connectivity index (χ2n) is 8.91. The van der Waals surface area contributed by atoms with E-state index in [2.05, 4.69) is 21.1 Å². The molecule has 0 fully saturated rings. The molecule has 0 aliphatic carbocycles. The van der Waals surface area contributed by atoms with Crippen LogP contribution in [0, 0.1) is 11.3 Å². The van der Waals surface area contributed by atoms with Crippen LogP contribution in [0.3, 0.4) is 0 Å². The molecule has 39 heavy (non-hydrogen) atoms. The smallest absolute Gasteiger partial charge is 0.268 e. The highest BCUT2D eigenvalue weighted by Crippen LogP contribution is 2.37. The number of hydrogen-bond donors (Lipinski definition) is 1. The Labute approximate surface area is 232 Å². The van der Waals surface area contributed by atoms with E-state index in [-0.39, 0.29) is 11.7 Å². The van der Waals surface area contributed by atoms with Crippen LogP contribution in [0.4, 0.5) is 0 Å². The van der Waals surface area contributed by atoms with E-state index in [9.17, 15) is 10.1 Å². The number of imidazole rings is 1. The maximum atomic E-state index is 12.6. The van der Waals surface area contributed by atoms with Crippen LogP contribution in [-0.2, 0) is 0 Å². The lowest BCUT2D eigenvalue weighted by atomic mass is 10.1. The molecule has 5 heterocycles. The first-order valence-corrected chi connectivity index (χ1v) is 12.6. The van der Waals surface area contributed by atoms with Crippen LogP contribution in [0.1, 0.15) is 34.7 Å². The van der Waals surface area contributed by atoms with Gasteiger partial charge in [-0.05, 0) is 48.9 Å². The molecule has 1 unspecified atom stereocenters. The topological polar surface area (TPSA) is 128 Å². The van der Waals surface area contributed by atoms with Gasteiger partial charge in [0.15, 0.2) is 0 Å². The monoisotopic (exact) mass is 552 g/mol. The van der Waals surface area contributed by atoms with Gasteiger partial charge in [-0.25, -0.2) is 9.97 Å². The molecule has 6 rings (SSSR count). The van der Waals surface area contributed by atoms with Crippen LogP contribution in [0.2, 0.25) is 10.0 Å². The molecule has 0 radical (unpaired) electrons. The lowest BCUT2D eigenvalue weighted by Gasteiger charge is -2.12. The van der Waals surface area contributed by atoms with Crippen LogP contribution in [0.25, 0.3) is 38.9 Å².